The van der Waals surface area contributed by atoms with Crippen LogP contribution in [0.3, 0.4) is 0 Å². The lowest BCUT2D eigenvalue weighted by Gasteiger charge is -2.27. The van der Waals surface area contributed by atoms with Gasteiger partial charge in [-0.1, -0.05) is 39.0 Å². The Hall–Kier alpha value is -0.890. The lowest BCUT2D eigenvalue weighted by molar-refractivity contribution is 0.319. The van der Waals surface area contributed by atoms with E-state index in [1.807, 2.05) is 26.8 Å². The van der Waals surface area contributed by atoms with Gasteiger partial charge in [0.15, 0.2) is 0 Å². The van der Waals surface area contributed by atoms with Gasteiger partial charge < -0.3 is 5.73 Å². The zero-order chi connectivity index (χ0) is 10.1. The maximum atomic E-state index is 13.3. The smallest absolute Gasteiger partial charge is 0.127 e. The molecule has 0 aliphatic carbocycles. The fourth-order valence-electron chi connectivity index (χ4n) is 1.19. The van der Waals surface area contributed by atoms with Gasteiger partial charge in [0.25, 0.3) is 0 Å². The molecule has 0 aliphatic rings. The molecule has 1 rings (SSSR count). The van der Waals surface area contributed by atoms with E-state index in [-0.39, 0.29) is 17.3 Å². The maximum Gasteiger partial charge on any atom is 0.127 e. The highest BCUT2D eigenvalue weighted by atomic mass is 19.1. The number of hydrogen-bond donors (Lipinski definition) is 1. The molecule has 72 valence electrons. The fraction of sp³-hybridized carbons (Fsp3) is 0.455. The summed E-state index contributed by atoms with van der Waals surface area (Å²) in [5, 5.41) is 0. The first kappa shape index (κ1) is 10.2. The molecule has 1 unspecified atom stereocenters. The van der Waals surface area contributed by atoms with Crippen LogP contribution in [0.4, 0.5) is 4.39 Å². The van der Waals surface area contributed by atoms with Crippen molar-refractivity contribution in [2.24, 2.45) is 11.1 Å². The van der Waals surface area contributed by atoms with E-state index in [1.165, 1.54) is 6.07 Å². The van der Waals surface area contributed by atoms with Gasteiger partial charge in [0.2, 0.25) is 0 Å². The van der Waals surface area contributed by atoms with Crippen molar-refractivity contribution in [3.8, 4) is 0 Å². The molecule has 0 aliphatic heterocycles. The van der Waals surface area contributed by atoms with Crippen molar-refractivity contribution in [2.45, 2.75) is 26.8 Å². The molecule has 13 heavy (non-hydrogen) atoms. The Balaban J connectivity index is 3.02. The first-order valence-corrected chi connectivity index (χ1v) is 4.43. The molecule has 2 heteroatoms. The molecule has 1 nitrogen and oxygen atoms in total. The molecular formula is C11H16FN. The zero-order valence-electron chi connectivity index (χ0n) is 8.34. The summed E-state index contributed by atoms with van der Waals surface area (Å²) in [4.78, 5) is 0. The largest absolute Gasteiger partial charge is 0.323 e. The highest BCUT2D eigenvalue weighted by Gasteiger charge is 2.24. The third-order valence-corrected chi connectivity index (χ3v) is 2.17. The van der Waals surface area contributed by atoms with Gasteiger partial charge in [-0.3, -0.25) is 0 Å². The summed E-state index contributed by atoms with van der Waals surface area (Å²) < 4.78 is 13.3. The Morgan fingerprint density at radius 2 is 1.77 bits per heavy atom. The third kappa shape index (κ3) is 2.28. The molecule has 1 aromatic rings. The second-order valence-electron chi connectivity index (χ2n) is 4.37. The standard InChI is InChI=1S/C11H16FN/c1-11(2,3)10(13)8-6-4-5-7-9(8)12/h4-7,10H,13H2,1-3H3. The number of halogens is 1. The number of hydrogen-bond acceptors (Lipinski definition) is 1. The van der Waals surface area contributed by atoms with Crippen molar-refractivity contribution in [1.29, 1.82) is 0 Å². The third-order valence-electron chi connectivity index (χ3n) is 2.17. The van der Waals surface area contributed by atoms with Gasteiger partial charge in [-0.15, -0.1) is 0 Å². The summed E-state index contributed by atoms with van der Waals surface area (Å²) in [7, 11) is 0. The van der Waals surface area contributed by atoms with E-state index in [4.69, 9.17) is 5.73 Å². The predicted molar refractivity (Wildman–Crippen MR) is 52.8 cm³/mol. The average Bonchev–Trinajstić information content (AvgIpc) is 2.02. The van der Waals surface area contributed by atoms with Crippen LogP contribution >= 0.6 is 0 Å². The summed E-state index contributed by atoms with van der Waals surface area (Å²) in [5.41, 5.74) is 6.42. The molecule has 1 atom stereocenters. The van der Waals surface area contributed by atoms with Gasteiger partial charge in [-0.2, -0.15) is 0 Å². The van der Waals surface area contributed by atoms with E-state index < -0.39 is 0 Å². The average molecular weight is 181 g/mol. The van der Waals surface area contributed by atoms with Crippen LogP contribution in [-0.4, -0.2) is 0 Å². The normalized spacial score (nSPS) is 14.2. The minimum Gasteiger partial charge on any atom is -0.323 e. The first-order chi connectivity index (χ1) is 5.93. The molecule has 2 N–H and O–H groups in total. The Bertz CT molecular complexity index is 288. The maximum absolute atomic E-state index is 13.3. The predicted octanol–water partition coefficient (Wildman–Crippen LogP) is 2.87. The summed E-state index contributed by atoms with van der Waals surface area (Å²) in [5.74, 6) is -0.218. The molecule has 0 radical (unpaired) electrons. The molecular weight excluding hydrogens is 165 g/mol. The fourth-order valence-corrected chi connectivity index (χ4v) is 1.19. The van der Waals surface area contributed by atoms with E-state index in [2.05, 4.69) is 0 Å². The first-order valence-electron chi connectivity index (χ1n) is 4.43. The van der Waals surface area contributed by atoms with Crippen LogP contribution in [0.1, 0.15) is 32.4 Å². The molecule has 0 spiro atoms. The molecule has 0 amide bonds. The van der Waals surface area contributed by atoms with Crippen molar-refractivity contribution < 1.29 is 4.39 Å². The molecule has 0 heterocycles. The minimum absolute atomic E-state index is 0.109. The minimum atomic E-state index is -0.256. The van der Waals surface area contributed by atoms with E-state index in [0.29, 0.717) is 5.56 Å². The van der Waals surface area contributed by atoms with Crippen molar-refractivity contribution >= 4 is 0 Å². The van der Waals surface area contributed by atoms with Gasteiger partial charge >= 0.3 is 0 Å². The Labute approximate surface area is 78.8 Å². The lowest BCUT2D eigenvalue weighted by atomic mass is 9.83. The van der Waals surface area contributed by atoms with Crippen LogP contribution in [0.2, 0.25) is 0 Å². The van der Waals surface area contributed by atoms with E-state index in [0.717, 1.165) is 0 Å². The lowest BCUT2D eigenvalue weighted by Crippen LogP contribution is -2.27. The Morgan fingerprint density at radius 1 is 1.23 bits per heavy atom. The van der Waals surface area contributed by atoms with Gasteiger partial charge in [0.1, 0.15) is 5.82 Å². The topological polar surface area (TPSA) is 26.0 Å². The van der Waals surface area contributed by atoms with Gasteiger partial charge in [-0.25, -0.2) is 4.39 Å². The van der Waals surface area contributed by atoms with Gasteiger partial charge in [0.05, 0.1) is 0 Å². The molecule has 0 saturated heterocycles. The van der Waals surface area contributed by atoms with Crippen LogP contribution in [0.5, 0.6) is 0 Å². The summed E-state index contributed by atoms with van der Waals surface area (Å²) in [6.07, 6.45) is 0. The molecule has 0 fully saturated rings. The number of rotatable bonds is 1. The van der Waals surface area contributed by atoms with Crippen molar-refractivity contribution in [1.82, 2.24) is 0 Å². The quantitative estimate of drug-likeness (QED) is 0.708. The summed E-state index contributed by atoms with van der Waals surface area (Å²) in [6, 6.07) is 6.42. The van der Waals surface area contributed by atoms with Crippen LogP contribution in [0, 0.1) is 11.2 Å². The van der Waals surface area contributed by atoms with Crippen LogP contribution in [0.15, 0.2) is 24.3 Å². The van der Waals surface area contributed by atoms with Crippen LogP contribution in [0.25, 0.3) is 0 Å². The molecule has 0 saturated carbocycles. The molecule has 0 aromatic heterocycles. The van der Waals surface area contributed by atoms with Crippen LogP contribution < -0.4 is 5.73 Å². The second kappa shape index (κ2) is 3.46. The highest BCUT2D eigenvalue weighted by Crippen LogP contribution is 2.31. The Morgan fingerprint density at radius 3 is 2.23 bits per heavy atom. The summed E-state index contributed by atoms with van der Waals surface area (Å²) >= 11 is 0. The van der Waals surface area contributed by atoms with E-state index in [9.17, 15) is 4.39 Å². The van der Waals surface area contributed by atoms with Crippen molar-refractivity contribution in [3.05, 3.63) is 35.6 Å². The van der Waals surface area contributed by atoms with Crippen LogP contribution in [-0.2, 0) is 0 Å². The molecule has 1 aromatic carbocycles. The Kier molecular flexibility index (Phi) is 2.71. The van der Waals surface area contributed by atoms with E-state index in [1.54, 1.807) is 12.1 Å². The zero-order valence-corrected chi connectivity index (χ0v) is 8.34. The SMILES string of the molecule is CC(C)(C)C(N)c1ccccc1F. The van der Waals surface area contributed by atoms with E-state index >= 15 is 0 Å². The van der Waals surface area contributed by atoms with Crippen molar-refractivity contribution in [3.63, 3.8) is 0 Å². The molecule has 0 bridgehead atoms. The summed E-state index contributed by atoms with van der Waals surface area (Å²) in [6.45, 7) is 6.01. The monoisotopic (exact) mass is 181 g/mol. The number of nitrogens with two attached hydrogens (primary N) is 1. The number of benzene rings is 1. The van der Waals surface area contributed by atoms with Crippen molar-refractivity contribution in [2.75, 3.05) is 0 Å². The highest BCUT2D eigenvalue weighted by molar-refractivity contribution is 5.22. The van der Waals surface area contributed by atoms with Gasteiger partial charge in [-0.05, 0) is 11.5 Å². The van der Waals surface area contributed by atoms with Gasteiger partial charge in [0, 0.05) is 11.6 Å². The second-order valence-corrected chi connectivity index (χ2v) is 4.37.